The van der Waals surface area contributed by atoms with Crippen molar-refractivity contribution in [1.29, 1.82) is 0 Å². The molecule has 0 bridgehead atoms. The maximum atomic E-state index is 13.5. The van der Waals surface area contributed by atoms with Gasteiger partial charge >= 0.3 is 0 Å². The second-order valence-corrected chi connectivity index (χ2v) is 6.72. The molecule has 0 saturated carbocycles. The van der Waals surface area contributed by atoms with Gasteiger partial charge in [0, 0.05) is 18.0 Å². The lowest BCUT2D eigenvalue weighted by Crippen LogP contribution is -2.35. The van der Waals surface area contributed by atoms with E-state index in [1.807, 2.05) is 0 Å². The summed E-state index contributed by atoms with van der Waals surface area (Å²) in [6.45, 7) is 0.308. The van der Waals surface area contributed by atoms with Crippen molar-refractivity contribution in [3.63, 3.8) is 0 Å². The molecular weight excluding hydrogens is 366 g/mol. The van der Waals surface area contributed by atoms with Crippen LogP contribution in [0.1, 0.15) is 23.6 Å². The standard InChI is InChI=1S/C18H15Cl2FN2O2/c19-13-4-1-10(2-5-13)17(11-3-6-15(21)14(20)7-11)23-18(25)12-8-16(24)22-9-12/h1-7,12,17H,8-9H2,(H,22,24)(H,23,25)/t12-,17-/m0/s1. The normalized spacial score (nSPS) is 17.9. The molecule has 1 aliphatic heterocycles. The SMILES string of the molecule is O=C1C[C@H](C(=O)N[C@@H](c2ccc(Cl)cc2)c2ccc(F)c(Cl)c2)CN1. The van der Waals surface area contributed by atoms with E-state index in [-0.39, 0.29) is 23.3 Å². The van der Waals surface area contributed by atoms with Crippen molar-refractivity contribution in [1.82, 2.24) is 10.6 Å². The number of amides is 2. The minimum atomic E-state index is -0.530. The van der Waals surface area contributed by atoms with Crippen molar-refractivity contribution in [2.24, 2.45) is 5.92 Å². The molecule has 0 unspecified atom stereocenters. The molecule has 2 amide bonds. The Bertz CT molecular complexity index is 811. The molecule has 1 heterocycles. The molecule has 0 spiro atoms. The van der Waals surface area contributed by atoms with Crippen molar-refractivity contribution in [2.45, 2.75) is 12.5 Å². The predicted octanol–water partition coefficient (Wildman–Crippen LogP) is 3.47. The molecule has 2 aromatic rings. The summed E-state index contributed by atoms with van der Waals surface area (Å²) in [5, 5.41) is 6.10. The van der Waals surface area contributed by atoms with Gasteiger partial charge in [-0.2, -0.15) is 0 Å². The maximum Gasteiger partial charge on any atom is 0.226 e. The lowest BCUT2D eigenvalue weighted by Gasteiger charge is -2.22. The molecule has 0 aliphatic carbocycles. The minimum Gasteiger partial charge on any atom is -0.355 e. The smallest absolute Gasteiger partial charge is 0.226 e. The highest BCUT2D eigenvalue weighted by molar-refractivity contribution is 6.31. The summed E-state index contributed by atoms with van der Waals surface area (Å²) in [4.78, 5) is 23.9. The van der Waals surface area contributed by atoms with Gasteiger partial charge in [0.1, 0.15) is 5.82 Å². The van der Waals surface area contributed by atoms with Gasteiger partial charge in [-0.1, -0.05) is 41.4 Å². The van der Waals surface area contributed by atoms with Gasteiger partial charge < -0.3 is 10.6 Å². The summed E-state index contributed by atoms with van der Waals surface area (Å²) in [6.07, 6.45) is 0.156. The molecule has 0 aromatic heterocycles. The number of nitrogens with one attached hydrogen (secondary N) is 2. The van der Waals surface area contributed by atoms with Gasteiger partial charge in [-0.05, 0) is 35.4 Å². The molecule has 2 aromatic carbocycles. The molecule has 2 atom stereocenters. The first-order valence-corrected chi connectivity index (χ1v) is 8.47. The Morgan fingerprint density at radius 1 is 1.16 bits per heavy atom. The van der Waals surface area contributed by atoms with Gasteiger partial charge in [0.05, 0.1) is 17.0 Å². The average molecular weight is 381 g/mol. The minimum absolute atomic E-state index is 0.0246. The average Bonchev–Trinajstić information content (AvgIpc) is 3.03. The summed E-state index contributed by atoms with van der Waals surface area (Å²) in [7, 11) is 0. The molecule has 3 rings (SSSR count). The van der Waals surface area contributed by atoms with Crippen molar-refractivity contribution >= 4 is 35.0 Å². The number of benzene rings is 2. The van der Waals surface area contributed by atoms with Crippen LogP contribution in [0.5, 0.6) is 0 Å². The second kappa shape index (κ2) is 7.42. The first-order chi connectivity index (χ1) is 11.9. The van der Waals surface area contributed by atoms with Crippen LogP contribution in [0.4, 0.5) is 4.39 Å². The van der Waals surface area contributed by atoms with E-state index in [9.17, 15) is 14.0 Å². The molecule has 1 fully saturated rings. The highest BCUT2D eigenvalue weighted by Gasteiger charge is 2.30. The fourth-order valence-corrected chi connectivity index (χ4v) is 3.07. The van der Waals surface area contributed by atoms with Crippen LogP contribution in [0, 0.1) is 11.7 Å². The van der Waals surface area contributed by atoms with Crippen molar-refractivity contribution in [3.8, 4) is 0 Å². The maximum absolute atomic E-state index is 13.5. The van der Waals surface area contributed by atoms with E-state index < -0.39 is 17.8 Å². The van der Waals surface area contributed by atoms with E-state index in [0.29, 0.717) is 17.1 Å². The molecule has 25 heavy (non-hydrogen) atoms. The third-order valence-corrected chi connectivity index (χ3v) is 4.66. The van der Waals surface area contributed by atoms with Crippen LogP contribution in [-0.2, 0) is 9.59 Å². The third kappa shape index (κ3) is 4.11. The molecule has 1 aliphatic rings. The Morgan fingerprint density at radius 3 is 2.44 bits per heavy atom. The lowest BCUT2D eigenvalue weighted by molar-refractivity contribution is -0.126. The molecular formula is C18H15Cl2FN2O2. The first kappa shape index (κ1) is 17.7. The van der Waals surface area contributed by atoms with Crippen LogP contribution < -0.4 is 10.6 Å². The van der Waals surface area contributed by atoms with Crippen LogP contribution in [0.3, 0.4) is 0 Å². The predicted molar refractivity (Wildman–Crippen MR) is 94.0 cm³/mol. The Hall–Kier alpha value is -2.11. The quantitative estimate of drug-likeness (QED) is 0.852. The number of halogens is 3. The Kier molecular flexibility index (Phi) is 5.25. The summed E-state index contributed by atoms with van der Waals surface area (Å²) in [5.74, 6) is -1.36. The van der Waals surface area contributed by atoms with Crippen molar-refractivity contribution in [2.75, 3.05) is 6.54 Å². The highest BCUT2D eigenvalue weighted by atomic mass is 35.5. The summed E-state index contributed by atoms with van der Waals surface area (Å²) < 4.78 is 13.5. The molecule has 7 heteroatoms. The topological polar surface area (TPSA) is 58.2 Å². The van der Waals surface area contributed by atoms with Gasteiger partial charge in [0.15, 0.2) is 0 Å². The Morgan fingerprint density at radius 2 is 1.84 bits per heavy atom. The molecule has 0 radical (unpaired) electrons. The van der Waals surface area contributed by atoms with E-state index in [1.54, 1.807) is 30.3 Å². The van der Waals surface area contributed by atoms with Crippen LogP contribution in [0.25, 0.3) is 0 Å². The van der Waals surface area contributed by atoms with Gasteiger partial charge in [-0.25, -0.2) is 4.39 Å². The van der Waals surface area contributed by atoms with Crippen LogP contribution >= 0.6 is 23.2 Å². The Balaban J connectivity index is 1.91. The molecule has 4 nitrogen and oxygen atoms in total. The van der Waals surface area contributed by atoms with E-state index >= 15 is 0 Å². The molecule has 1 saturated heterocycles. The zero-order chi connectivity index (χ0) is 18.0. The van der Waals surface area contributed by atoms with Crippen LogP contribution in [0.2, 0.25) is 10.0 Å². The first-order valence-electron chi connectivity index (χ1n) is 7.71. The zero-order valence-electron chi connectivity index (χ0n) is 13.1. The number of carbonyl (C=O) groups excluding carboxylic acids is 2. The van der Waals surface area contributed by atoms with Crippen molar-refractivity contribution in [3.05, 3.63) is 69.5 Å². The van der Waals surface area contributed by atoms with Gasteiger partial charge in [0.2, 0.25) is 11.8 Å². The fraction of sp³-hybridized carbons (Fsp3) is 0.222. The third-order valence-electron chi connectivity index (χ3n) is 4.12. The number of rotatable bonds is 4. The summed E-state index contributed by atoms with van der Waals surface area (Å²) in [5.41, 5.74) is 1.41. The summed E-state index contributed by atoms with van der Waals surface area (Å²) in [6, 6.07) is 10.8. The van der Waals surface area contributed by atoms with Crippen LogP contribution in [-0.4, -0.2) is 18.4 Å². The van der Waals surface area contributed by atoms with Gasteiger partial charge in [-0.3, -0.25) is 9.59 Å². The monoisotopic (exact) mass is 380 g/mol. The van der Waals surface area contributed by atoms with E-state index in [1.165, 1.54) is 12.1 Å². The van der Waals surface area contributed by atoms with Crippen LogP contribution in [0.15, 0.2) is 42.5 Å². The second-order valence-electron chi connectivity index (χ2n) is 5.87. The van der Waals surface area contributed by atoms with E-state index in [0.717, 1.165) is 5.56 Å². The van der Waals surface area contributed by atoms with E-state index in [4.69, 9.17) is 23.2 Å². The zero-order valence-corrected chi connectivity index (χ0v) is 14.6. The van der Waals surface area contributed by atoms with E-state index in [2.05, 4.69) is 10.6 Å². The van der Waals surface area contributed by atoms with Gasteiger partial charge in [0.25, 0.3) is 0 Å². The molecule has 2 N–H and O–H groups in total. The van der Waals surface area contributed by atoms with Gasteiger partial charge in [-0.15, -0.1) is 0 Å². The van der Waals surface area contributed by atoms with Crippen molar-refractivity contribution < 1.29 is 14.0 Å². The number of hydrogen-bond donors (Lipinski definition) is 2. The highest BCUT2D eigenvalue weighted by Crippen LogP contribution is 2.27. The lowest BCUT2D eigenvalue weighted by atomic mass is 9.97. The molecule has 130 valence electrons. The fourth-order valence-electron chi connectivity index (χ4n) is 2.76. The Labute approximate surface area is 154 Å². The largest absolute Gasteiger partial charge is 0.355 e. The summed E-state index contributed by atoms with van der Waals surface area (Å²) >= 11 is 11.8. The number of hydrogen-bond acceptors (Lipinski definition) is 2. The number of carbonyl (C=O) groups is 2.